The van der Waals surface area contributed by atoms with Gasteiger partial charge >= 0.3 is 6.18 Å². The molecule has 1 aromatic rings. The van der Waals surface area contributed by atoms with Crippen LogP contribution in [0.1, 0.15) is 32.0 Å². The van der Waals surface area contributed by atoms with Crippen LogP contribution in [0.3, 0.4) is 0 Å². The van der Waals surface area contributed by atoms with Crippen LogP contribution in [-0.4, -0.2) is 16.7 Å². The summed E-state index contributed by atoms with van der Waals surface area (Å²) in [5.74, 6) is -0.744. The number of aromatic nitrogens is 2. The molecule has 0 aliphatic rings. The van der Waals surface area contributed by atoms with Gasteiger partial charge in [0.15, 0.2) is 0 Å². The molecule has 1 heterocycles. The summed E-state index contributed by atoms with van der Waals surface area (Å²) in [6.07, 6.45) is -3.45. The van der Waals surface area contributed by atoms with Crippen LogP contribution in [0.15, 0.2) is 4.52 Å². The van der Waals surface area contributed by atoms with E-state index in [2.05, 4.69) is 14.7 Å². The molecule has 0 bridgehead atoms. The zero-order valence-electron chi connectivity index (χ0n) is 9.79. The number of rotatable bonds is 5. The average Bonchev–Trinajstić information content (AvgIpc) is 2.63. The fourth-order valence-corrected chi connectivity index (χ4v) is 1.63. The van der Waals surface area contributed by atoms with Crippen molar-refractivity contribution in [2.75, 3.05) is 6.54 Å². The lowest BCUT2D eigenvalue weighted by Crippen LogP contribution is -2.19. The molecule has 1 atom stereocenters. The molecule has 17 heavy (non-hydrogen) atoms. The molecule has 4 nitrogen and oxygen atoms in total. The maximum Gasteiger partial charge on any atom is 0.455 e. The Labute approximate surface area is 97.4 Å². The van der Waals surface area contributed by atoms with Crippen LogP contribution in [-0.2, 0) is 12.6 Å². The molecular formula is C10H16F3N3O. The van der Waals surface area contributed by atoms with Gasteiger partial charge in [0.1, 0.15) is 0 Å². The van der Waals surface area contributed by atoms with Gasteiger partial charge in [-0.3, -0.25) is 0 Å². The summed E-state index contributed by atoms with van der Waals surface area (Å²) in [4.78, 5) is 3.32. The topological polar surface area (TPSA) is 64.9 Å². The third-order valence-electron chi connectivity index (χ3n) is 2.32. The Kier molecular flexibility index (Phi) is 4.50. The van der Waals surface area contributed by atoms with E-state index in [0.717, 1.165) is 6.42 Å². The first-order chi connectivity index (χ1) is 7.82. The van der Waals surface area contributed by atoms with Gasteiger partial charge in [-0.25, -0.2) is 0 Å². The Balaban J connectivity index is 2.65. The average molecular weight is 251 g/mol. The lowest BCUT2D eigenvalue weighted by Gasteiger charge is -2.14. The molecule has 0 amide bonds. The van der Waals surface area contributed by atoms with E-state index in [-0.39, 0.29) is 18.2 Å². The molecule has 0 saturated heterocycles. The second kappa shape index (κ2) is 5.48. The van der Waals surface area contributed by atoms with Crippen molar-refractivity contribution in [2.45, 2.75) is 32.9 Å². The number of hydrogen-bond donors (Lipinski definition) is 1. The van der Waals surface area contributed by atoms with Gasteiger partial charge in [0.2, 0.25) is 5.89 Å². The summed E-state index contributed by atoms with van der Waals surface area (Å²) < 4.78 is 41.2. The lowest BCUT2D eigenvalue weighted by molar-refractivity contribution is -0.146. The number of halogens is 3. The van der Waals surface area contributed by atoms with Crippen molar-refractivity contribution in [2.24, 2.45) is 17.6 Å². The summed E-state index contributed by atoms with van der Waals surface area (Å²) in [6.45, 7) is 4.44. The second-order valence-corrected chi connectivity index (χ2v) is 4.44. The molecule has 7 heteroatoms. The molecule has 2 N–H and O–H groups in total. The van der Waals surface area contributed by atoms with Crippen LogP contribution in [0.2, 0.25) is 0 Å². The number of nitrogens with two attached hydrogens (primary N) is 1. The van der Waals surface area contributed by atoms with E-state index in [1.165, 1.54) is 0 Å². The van der Waals surface area contributed by atoms with Crippen LogP contribution in [0.4, 0.5) is 13.2 Å². The summed E-state index contributed by atoms with van der Waals surface area (Å²) in [7, 11) is 0. The molecule has 1 rings (SSSR count). The normalized spacial score (nSPS) is 14.3. The first-order valence-electron chi connectivity index (χ1n) is 5.42. The van der Waals surface area contributed by atoms with Crippen molar-refractivity contribution in [3.05, 3.63) is 11.7 Å². The summed E-state index contributed by atoms with van der Waals surface area (Å²) in [5, 5.41) is 2.90. The minimum absolute atomic E-state index is 0.00609. The highest BCUT2D eigenvalue weighted by molar-refractivity contribution is 4.92. The molecule has 0 fully saturated rings. The van der Waals surface area contributed by atoms with Gasteiger partial charge in [-0.2, -0.15) is 18.2 Å². The van der Waals surface area contributed by atoms with Crippen LogP contribution in [0.25, 0.3) is 0 Å². The first-order valence-corrected chi connectivity index (χ1v) is 5.42. The molecule has 0 aromatic carbocycles. The van der Waals surface area contributed by atoms with Crippen molar-refractivity contribution in [3.63, 3.8) is 0 Å². The zero-order valence-corrected chi connectivity index (χ0v) is 9.79. The van der Waals surface area contributed by atoms with Crippen molar-refractivity contribution in [3.8, 4) is 0 Å². The summed E-state index contributed by atoms with van der Waals surface area (Å²) >= 11 is 0. The smallest absolute Gasteiger partial charge is 0.339 e. The highest BCUT2D eigenvalue weighted by Crippen LogP contribution is 2.27. The molecule has 0 unspecified atom stereocenters. The van der Waals surface area contributed by atoms with Gasteiger partial charge in [0.05, 0.1) is 0 Å². The van der Waals surface area contributed by atoms with E-state index in [4.69, 9.17) is 5.73 Å². The molecular weight excluding hydrogens is 235 g/mol. The Hall–Kier alpha value is -1.11. The summed E-state index contributed by atoms with van der Waals surface area (Å²) in [6, 6.07) is 0. The Morgan fingerprint density at radius 2 is 2.00 bits per heavy atom. The van der Waals surface area contributed by atoms with E-state index < -0.39 is 12.0 Å². The van der Waals surface area contributed by atoms with E-state index in [0.29, 0.717) is 12.5 Å². The van der Waals surface area contributed by atoms with Crippen LogP contribution in [0.5, 0.6) is 0 Å². The predicted molar refractivity (Wildman–Crippen MR) is 55.0 cm³/mol. The van der Waals surface area contributed by atoms with E-state index in [1.807, 2.05) is 13.8 Å². The Morgan fingerprint density at radius 3 is 2.41 bits per heavy atom. The number of nitrogens with zero attached hydrogens (tertiary/aromatic N) is 2. The molecule has 1 aromatic heterocycles. The van der Waals surface area contributed by atoms with Crippen LogP contribution in [0, 0.1) is 11.8 Å². The summed E-state index contributed by atoms with van der Waals surface area (Å²) in [5.41, 5.74) is 5.55. The van der Waals surface area contributed by atoms with E-state index >= 15 is 0 Å². The van der Waals surface area contributed by atoms with E-state index in [1.54, 1.807) is 0 Å². The fraction of sp³-hybridized carbons (Fsp3) is 0.800. The third kappa shape index (κ3) is 4.33. The molecule has 0 spiro atoms. The highest BCUT2D eigenvalue weighted by atomic mass is 19.4. The Bertz CT molecular complexity index is 349. The monoisotopic (exact) mass is 251 g/mol. The van der Waals surface area contributed by atoms with Gasteiger partial charge in [0, 0.05) is 6.42 Å². The molecule has 98 valence electrons. The Morgan fingerprint density at radius 1 is 1.35 bits per heavy atom. The maximum atomic E-state index is 12.2. The van der Waals surface area contributed by atoms with Gasteiger partial charge in [0.25, 0.3) is 5.82 Å². The third-order valence-corrected chi connectivity index (χ3v) is 2.32. The number of alkyl halides is 3. The lowest BCUT2D eigenvalue weighted by atomic mass is 9.94. The second-order valence-electron chi connectivity index (χ2n) is 4.44. The van der Waals surface area contributed by atoms with Crippen molar-refractivity contribution >= 4 is 0 Å². The highest BCUT2D eigenvalue weighted by Gasteiger charge is 2.37. The number of hydrogen-bond acceptors (Lipinski definition) is 4. The van der Waals surface area contributed by atoms with Gasteiger partial charge in [-0.15, -0.1) is 0 Å². The standard InChI is InChI=1S/C10H16F3N3O/c1-6(2)3-7(5-14)4-8-15-9(16-17-8)10(11,12)13/h6-7H,3-5,14H2,1-2H3/t7-/m0/s1. The minimum Gasteiger partial charge on any atom is -0.339 e. The van der Waals surface area contributed by atoms with Crippen molar-refractivity contribution in [1.29, 1.82) is 0 Å². The SMILES string of the molecule is CC(C)C[C@H](CN)Cc1nc(C(F)(F)F)no1. The first kappa shape index (κ1) is 14.0. The zero-order chi connectivity index (χ0) is 13.1. The quantitative estimate of drug-likeness (QED) is 0.871. The molecule has 0 saturated carbocycles. The van der Waals surface area contributed by atoms with Crippen molar-refractivity contribution < 1.29 is 17.7 Å². The molecule has 0 aliphatic heterocycles. The van der Waals surface area contributed by atoms with Gasteiger partial charge < -0.3 is 10.3 Å². The van der Waals surface area contributed by atoms with Gasteiger partial charge in [-0.05, 0) is 24.8 Å². The van der Waals surface area contributed by atoms with Crippen LogP contribution >= 0.6 is 0 Å². The fourth-order valence-electron chi connectivity index (χ4n) is 1.63. The van der Waals surface area contributed by atoms with Crippen LogP contribution < -0.4 is 5.73 Å². The maximum absolute atomic E-state index is 12.2. The van der Waals surface area contributed by atoms with Crippen molar-refractivity contribution in [1.82, 2.24) is 10.1 Å². The predicted octanol–water partition coefficient (Wildman–Crippen LogP) is 2.25. The molecule has 0 radical (unpaired) electrons. The molecule has 0 aliphatic carbocycles. The van der Waals surface area contributed by atoms with Gasteiger partial charge in [-0.1, -0.05) is 19.0 Å². The largest absolute Gasteiger partial charge is 0.455 e. The minimum atomic E-state index is -4.56. The van der Waals surface area contributed by atoms with E-state index in [9.17, 15) is 13.2 Å².